The van der Waals surface area contributed by atoms with Crippen LogP contribution in [0.25, 0.3) is 0 Å². The predicted molar refractivity (Wildman–Crippen MR) is 114 cm³/mol. The number of para-hydroxylation sites is 1. The molecule has 0 aromatic heterocycles. The summed E-state index contributed by atoms with van der Waals surface area (Å²) in [5.74, 6) is 0.828. The molecule has 3 nitrogen and oxygen atoms in total. The lowest BCUT2D eigenvalue weighted by Gasteiger charge is -2.18. The van der Waals surface area contributed by atoms with Crippen LogP contribution in [0.2, 0.25) is 5.02 Å². The minimum absolute atomic E-state index is 0.108. The third-order valence-electron chi connectivity index (χ3n) is 5.43. The molecular weight excluding hydrogens is 370 g/mol. The van der Waals surface area contributed by atoms with Gasteiger partial charge < -0.3 is 9.64 Å². The Hall–Kier alpha value is -2.78. The lowest BCUT2D eigenvalue weighted by molar-refractivity contribution is 0.0921. The molecule has 3 aromatic rings. The molecule has 28 heavy (non-hydrogen) atoms. The molecule has 1 aliphatic rings. The van der Waals surface area contributed by atoms with Gasteiger partial charge in [-0.1, -0.05) is 54.1 Å². The normalized spacial score (nSPS) is 18.9. The average molecular weight is 392 g/mol. The van der Waals surface area contributed by atoms with Crippen molar-refractivity contribution in [1.29, 1.82) is 0 Å². The Labute approximate surface area is 170 Å². The van der Waals surface area contributed by atoms with Crippen LogP contribution in [-0.2, 0) is 0 Å². The number of hydrogen-bond donors (Lipinski definition) is 0. The zero-order valence-electron chi connectivity index (χ0n) is 15.7. The van der Waals surface area contributed by atoms with E-state index in [4.69, 9.17) is 16.3 Å². The molecule has 1 fully saturated rings. The molecular formula is C24H22ClNO2. The van der Waals surface area contributed by atoms with E-state index in [0.717, 1.165) is 17.8 Å². The van der Waals surface area contributed by atoms with Gasteiger partial charge in [0.1, 0.15) is 5.75 Å². The summed E-state index contributed by atoms with van der Waals surface area (Å²) in [5.41, 5.74) is 2.98. The third-order valence-corrected chi connectivity index (χ3v) is 5.68. The van der Waals surface area contributed by atoms with Gasteiger partial charge in [0.05, 0.1) is 7.11 Å². The highest BCUT2D eigenvalue weighted by molar-refractivity contribution is 6.30. The number of hydrogen-bond acceptors (Lipinski definition) is 3. The van der Waals surface area contributed by atoms with Crippen LogP contribution in [0.3, 0.4) is 0 Å². The summed E-state index contributed by atoms with van der Waals surface area (Å²) < 4.78 is 5.31. The van der Waals surface area contributed by atoms with Crippen LogP contribution < -0.4 is 9.64 Å². The summed E-state index contributed by atoms with van der Waals surface area (Å²) in [6, 6.07) is 25.6. The standard InChI is InChI=1S/C24H22ClNO2/c1-28-21-9-5-6-18(14-21)24(27)23-16-26(20-7-3-2-4-8-20)15-22(23)17-10-12-19(25)13-11-17/h2-14,22-23H,15-16H2,1H3/t22-,23+/m1/s1. The molecule has 0 aliphatic carbocycles. The first-order valence-corrected chi connectivity index (χ1v) is 9.77. The maximum atomic E-state index is 13.4. The van der Waals surface area contributed by atoms with Crippen molar-refractivity contribution in [3.05, 3.63) is 95.0 Å². The first kappa shape index (κ1) is 18.6. The molecule has 4 heteroatoms. The molecule has 2 atom stereocenters. The van der Waals surface area contributed by atoms with Crippen molar-refractivity contribution < 1.29 is 9.53 Å². The molecule has 0 N–H and O–H groups in total. The number of benzene rings is 3. The Morgan fingerprint density at radius 2 is 1.71 bits per heavy atom. The Morgan fingerprint density at radius 3 is 2.43 bits per heavy atom. The molecule has 142 valence electrons. The van der Waals surface area contributed by atoms with Gasteiger partial charge in [-0.2, -0.15) is 0 Å². The van der Waals surface area contributed by atoms with Crippen molar-refractivity contribution in [3.8, 4) is 5.75 Å². The highest BCUT2D eigenvalue weighted by Crippen LogP contribution is 2.37. The molecule has 3 aromatic carbocycles. The minimum atomic E-state index is -0.131. The van der Waals surface area contributed by atoms with Crippen LogP contribution in [0.15, 0.2) is 78.9 Å². The van der Waals surface area contributed by atoms with E-state index in [1.807, 2.05) is 66.7 Å². The number of halogens is 1. The van der Waals surface area contributed by atoms with Gasteiger partial charge in [-0.3, -0.25) is 4.79 Å². The second kappa shape index (κ2) is 8.07. The van der Waals surface area contributed by atoms with Crippen LogP contribution in [0.5, 0.6) is 5.75 Å². The Morgan fingerprint density at radius 1 is 0.964 bits per heavy atom. The SMILES string of the molecule is COc1cccc(C(=O)[C@H]2CN(c3ccccc3)C[C@@H]2c2ccc(Cl)cc2)c1. The second-order valence-electron chi connectivity index (χ2n) is 7.10. The number of rotatable bonds is 5. The van der Waals surface area contributed by atoms with Crippen molar-refractivity contribution in [2.45, 2.75) is 5.92 Å². The van der Waals surface area contributed by atoms with Gasteiger partial charge in [0, 0.05) is 41.2 Å². The van der Waals surface area contributed by atoms with Gasteiger partial charge in [-0.05, 0) is 42.0 Å². The lowest BCUT2D eigenvalue weighted by Crippen LogP contribution is -2.23. The van der Waals surface area contributed by atoms with Crippen LogP contribution in [-0.4, -0.2) is 26.0 Å². The Bertz CT molecular complexity index is 956. The van der Waals surface area contributed by atoms with Crippen molar-refractivity contribution in [2.75, 3.05) is 25.1 Å². The lowest BCUT2D eigenvalue weighted by atomic mass is 9.84. The third kappa shape index (κ3) is 3.76. The average Bonchev–Trinajstić information content (AvgIpc) is 3.20. The zero-order chi connectivity index (χ0) is 19.5. The molecule has 0 radical (unpaired) electrons. The fourth-order valence-corrected chi connectivity index (χ4v) is 4.08. The molecule has 1 heterocycles. The van der Waals surface area contributed by atoms with E-state index in [1.165, 1.54) is 0 Å². The Kier molecular flexibility index (Phi) is 5.36. The van der Waals surface area contributed by atoms with Crippen molar-refractivity contribution >= 4 is 23.1 Å². The highest BCUT2D eigenvalue weighted by Gasteiger charge is 2.39. The van der Waals surface area contributed by atoms with Gasteiger partial charge in [-0.25, -0.2) is 0 Å². The van der Waals surface area contributed by atoms with Crippen LogP contribution >= 0.6 is 11.6 Å². The van der Waals surface area contributed by atoms with E-state index < -0.39 is 0 Å². The predicted octanol–water partition coefficient (Wildman–Crippen LogP) is 5.45. The molecule has 0 unspecified atom stereocenters. The highest BCUT2D eigenvalue weighted by atomic mass is 35.5. The number of ketones is 1. The monoisotopic (exact) mass is 391 g/mol. The molecule has 0 amide bonds. The topological polar surface area (TPSA) is 29.5 Å². The number of anilines is 1. The van der Waals surface area contributed by atoms with E-state index in [1.54, 1.807) is 7.11 Å². The van der Waals surface area contributed by atoms with Crippen molar-refractivity contribution in [1.82, 2.24) is 0 Å². The first-order chi connectivity index (χ1) is 13.7. The quantitative estimate of drug-likeness (QED) is 0.541. The first-order valence-electron chi connectivity index (χ1n) is 9.39. The largest absolute Gasteiger partial charge is 0.497 e. The number of carbonyl (C=O) groups is 1. The summed E-state index contributed by atoms with van der Waals surface area (Å²) >= 11 is 6.08. The molecule has 1 saturated heterocycles. The van der Waals surface area contributed by atoms with E-state index >= 15 is 0 Å². The number of Topliss-reactive ketones (excluding diaryl/α,β-unsaturated/α-hetero) is 1. The maximum absolute atomic E-state index is 13.4. The molecule has 4 rings (SSSR count). The molecule has 0 bridgehead atoms. The summed E-state index contributed by atoms with van der Waals surface area (Å²) in [4.78, 5) is 15.7. The van der Waals surface area contributed by atoms with Crippen molar-refractivity contribution in [3.63, 3.8) is 0 Å². The van der Waals surface area contributed by atoms with Gasteiger partial charge in [0.2, 0.25) is 0 Å². The number of ether oxygens (including phenoxy) is 1. The number of carbonyl (C=O) groups excluding carboxylic acids is 1. The van der Waals surface area contributed by atoms with Gasteiger partial charge >= 0.3 is 0 Å². The van der Waals surface area contributed by atoms with E-state index in [0.29, 0.717) is 22.9 Å². The fraction of sp³-hybridized carbons (Fsp3) is 0.208. The smallest absolute Gasteiger partial charge is 0.168 e. The Balaban J connectivity index is 1.68. The van der Waals surface area contributed by atoms with Gasteiger partial charge in [0.25, 0.3) is 0 Å². The minimum Gasteiger partial charge on any atom is -0.497 e. The van der Waals surface area contributed by atoms with Crippen molar-refractivity contribution in [2.24, 2.45) is 5.92 Å². The van der Waals surface area contributed by atoms with Gasteiger partial charge in [-0.15, -0.1) is 0 Å². The molecule has 1 aliphatic heterocycles. The fourth-order valence-electron chi connectivity index (χ4n) is 3.96. The summed E-state index contributed by atoms with van der Waals surface area (Å²) in [6.07, 6.45) is 0. The van der Waals surface area contributed by atoms with Crippen LogP contribution in [0.4, 0.5) is 5.69 Å². The summed E-state index contributed by atoms with van der Waals surface area (Å²) in [5, 5.41) is 0.706. The van der Waals surface area contributed by atoms with E-state index in [9.17, 15) is 4.79 Å². The zero-order valence-corrected chi connectivity index (χ0v) is 16.5. The van der Waals surface area contributed by atoms with Crippen LogP contribution in [0, 0.1) is 5.92 Å². The van der Waals surface area contributed by atoms with Crippen LogP contribution in [0.1, 0.15) is 21.8 Å². The number of methoxy groups -OCH3 is 1. The number of nitrogens with zero attached hydrogens (tertiary/aromatic N) is 1. The second-order valence-corrected chi connectivity index (χ2v) is 7.54. The summed E-state index contributed by atoms with van der Waals surface area (Å²) in [6.45, 7) is 1.49. The molecule has 0 saturated carbocycles. The summed E-state index contributed by atoms with van der Waals surface area (Å²) in [7, 11) is 1.62. The van der Waals surface area contributed by atoms with E-state index in [2.05, 4.69) is 17.0 Å². The van der Waals surface area contributed by atoms with E-state index in [-0.39, 0.29) is 17.6 Å². The van der Waals surface area contributed by atoms with Gasteiger partial charge in [0.15, 0.2) is 5.78 Å². The maximum Gasteiger partial charge on any atom is 0.168 e. The molecule has 0 spiro atoms.